The van der Waals surface area contributed by atoms with Gasteiger partial charge in [0.05, 0.1) is 18.1 Å². The average Bonchev–Trinajstić information content (AvgIpc) is 2.38. The second kappa shape index (κ2) is 7.90. The second-order valence-corrected chi connectivity index (χ2v) is 5.27. The molecule has 1 rings (SSSR count). The first kappa shape index (κ1) is 16.5. The first-order valence-electron chi connectivity index (χ1n) is 7.13. The highest BCUT2D eigenvalue weighted by Gasteiger charge is 2.27. The van der Waals surface area contributed by atoms with E-state index in [9.17, 15) is 15.0 Å². The minimum absolute atomic E-state index is 0.0396. The zero-order chi connectivity index (χ0) is 15.1. The maximum atomic E-state index is 11.3. The largest absolute Gasteiger partial charge is 0.491 e. The fraction of sp³-hybridized carbons (Fsp3) is 0.562. The summed E-state index contributed by atoms with van der Waals surface area (Å²) in [6.07, 6.45) is 1.21. The molecule has 0 amide bonds. The van der Waals surface area contributed by atoms with Gasteiger partial charge in [0.2, 0.25) is 0 Å². The molecule has 0 spiro atoms. The topological polar surface area (TPSA) is 66.8 Å². The van der Waals surface area contributed by atoms with Crippen molar-refractivity contribution in [3.63, 3.8) is 0 Å². The smallest absolute Gasteiger partial charge is 0.309 e. The molecule has 0 radical (unpaired) electrons. The van der Waals surface area contributed by atoms with Crippen LogP contribution in [0.2, 0.25) is 0 Å². The van der Waals surface area contributed by atoms with Crippen molar-refractivity contribution in [3.05, 3.63) is 29.8 Å². The molecule has 0 bridgehead atoms. The molecule has 4 heteroatoms. The van der Waals surface area contributed by atoms with Crippen molar-refractivity contribution in [2.24, 2.45) is 5.92 Å². The van der Waals surface area contributed by atoms with E-state index in [2.05, 4.69) is 0 Å². The molecule has 0 fully saturated rings. The maximum absolute atomic E-state index is 11.3. The van der Waals surface area contributed by atoms with E-state index in [1.807, 2.05) is 20.8 Å². The summed E-state index contributed by atoms with van der Waals surface area (Å²) in [6, 6.07) is 7.03. The van der Waals surface area contributed by atoms with Crippen molar-refractivity contribution in [1.82, 2.24) is 0 Å². The van der Waals surface area contributed by atoms with Gasteiger partial charge in [-0.2, -0.15) is 0 Å². The summed E-state index contributed by atoms with van der Waals surface area (Å²) in [6.45, 7) is 5.84. The van der Waals surface area contributed by atoms with Crippen molar-refractivity contribution < 1.29 is 19.7 Å². The van der Waals surface area contributed by atoms with Crippen LogP contribution in [0.4, 0.5) is 0 Å². The van der Waals surface area contributed by atoms with Gasteiger partial charge in [0.1, 0.15) is 5.75 Å². The van der Waals surface area contributed by atoms with Gasteiger partial charge in [-0.05, 0) is 38.0 Å². The molecule has 4 nitrogen and oxygen atoms in total. The lowest BCUT2D eigenvalue weighted by molar-refractivity contribution is -0.146. The third-order valence-electron chi connectivity index (χ3n) is 3.14. The van der Waals surface area contributed by atoms with E-state index in [1.54, 1.807) is 24.3 Å². The number of hydrogen-bond donors (Lipinski definition) is 2. The molecule has 0 aliphatic rings. The van der Waals surface area contributed by atoms with Gasteiger partial charge >= 0.3 is 5.97 Å². The van der Waals surface area contributed by atoms with E-state index in [1.165, 1.54) is 0 Å². The van der Waals surface area contributed by atoms with Crippen LogP contribution in [0.5, 0.6) is 5.75 Å². The van der Waals surface area contributed by atoms with Gasteiger partial charge in [0, 0.05) is 0 Å². The highest BCUT2D eigenvalue weighted by molar-refractivity contribution is 5.71. The summed E-state index contributed by atoms with van der Waals surface area (Å²) >= 11 is 0. The standard InChI is InChI=1S/C16H24O4/c1-4-5-9-14(16(18)19)15(17)12-7-6-8-13(10-12)20-11(2)3/h6-8,10-11,14-15,17H,4-5,9H2,1-3H3,(H,18,19). The Hall–Kier alpha value is -1.55. The Morgan fingerprint density at radius 2 is 2.05 bits per heavy atom. The molecule has 112 valence electrons. The van der Waals surface area contributed by atoms with Gasteiger partial charge in [-0.3, -0.25) is 4.79 Å². The third-order valence-corrected chi connectivity index (χ3v) is 3.14. The van der Waals surface area contributed by atoms with Crippen LogP contribution in [-0.2, 0) is 4.79 Å². The van der Waals surface area contributed by atoms with Crippen LogP contribution < -0.4 is 4.74 Å². The quantitative estimate of drug-likeness (QED) is 0.766. The first-order valence-corrected chi connectivity index (χ1v) is 7.13. The number of aliphatic hydroxyl groups excluding tert-OH is 1. The molecule has 0 aliphatic heterocycles. The van der Waals surface area contributed by atoms with Crippen LogP contribution in [0.25, 0.3) is 0 Å². The lowest BCUT2D eigenvalue weighted by Crippen LogP contribution is -2.22. The molecule has 20 heavy (non-hydrogen) atoms. The summed E-state index contributed by atoms with van der Waals surface area (Å²) in [5, 5.41) is 19.6. The summed E-state index contributed by atoms with van der Waals surface area (Å²) in [5.74, 6) is -1.08. The van der Waals surface area contributed by atoms with Crippen LogP contribution >= 0.6 is 0 Å². The van der Waals surface area contributed by atoms with Gasteiger partial charge < -0.3 is 14.9 Å². The Bertz CT molecular complexity index is 428. The van der Waals surface area contributed by atoms with Crippen molar-refractivity contribution in [2.75, 3.05) is 0 Å². The van der Waals surface area contributed by atoms with E-state index < -0.39 is 18.0 Å². The minimum Gasteiger partial charge on any atom is -0.491 e. The van der Waals surface area contributed by atoms with Crippen molar-refractivity contribution >= 4 is 5.97 Å². The number of benzene rings is 1. The minimum atomic E-state index is -1.00. The van der Waals surface area contributed by atoms with E-state index in [0.717, 1.165) is 12.8 Å². The van der Waals surface area contributed by atoms with Gasteiger partial charge in [0.15, 0.2) is 0 Å². The Labute approximate surface area is 120 Å². The van der Waals surface area contributed by atoms with Crippen LogP contribution in [-0.4, -0.2) is 22.3 Å². The number of ether oxygens (including phenoxy) is 1. The monoisotopic (exact) mass is 280 g/mol. The molecule has 1 aromatic carbocycles. The molecule has 0 saturated heterocycles. The van der Waals surface area contributed by atoms with Gasteiger partial charge in [-0.25, -0.2) is 0 Å². The van der Waals surface area contributed by atoms with Crippen LogP contribution in [0.15, 0.2) is 24.3 Å². The molecule has 0 aromatic heterocycles. The van der Waals surface area contributed by atoms with Crippen molar-refractivity contribution in [1.29, 1.82) is 0 Å². The second-order valence-electron chi connectivity index (χ2n) is 5.27. The maximum Gasteiger partial charge on any atom is 0.309 e. The molecule has 2 N–H and O–H groups in total. The third kappa shape index (κ3) is 4.85. The number of carboxylic acids is 1. The molecule has 0 saturated carbocycles. The molecule has 1 aromatic rings. The first-order chi connectivity index (χ1) is 9.45. The summed E-state index contributed by atoms with van der Waals surface area (Å²) < 4.78 is 5.57. The van der Waals surface area contributed by atoms with Crippen LogP contribution in [0.1, 0.15) is 51.7 Å². The fourth-order valence-corrected chi connectivity index (χ4v) is 2.12. The number of hydrogen-bond acceptors (Lipinski definition) is 3. The predicted octanol–water partition coefficient (Wildman–Crippen LogP) is 3.40. The molecule has 0 heterocycles. The van der Waals surface area contributed by atoms with Crippen LogP contribution in [0, 0.1) is 5.92 Å². The fourth-order valence-electron chi connectivity index (χ4n) is 2.12. The Kier molecular flexibility index (Phi) is 6.52. The average molecular weight is 280 g/mol. The Morgan fingerprint density at radius 3 is 2.60 bits per heavy atom. The zero-order valence-corrected chi connectivity index (χ0v) is 12.4. The Morgan fingerprint density at radius 1 is 1.35 bits per heavy atom. The van der Waals surface area contributed by atoms with Crippen molar-refractivity contribution in [2.45, 2.75) is 52.2 Å². The molecular formula is C16H24O4. The highest BCUT2D eigenvalue weighted by Crippen LogP contribution is 2.29. The normalized spacial score (nSPS) is 14.1. The lowest BCUT2D eigenvalue weighted by atomic mass is 9.91. The van der Waals surface area contributed by atoms with Gasteiger partial charge in [-0.15, -0.1) is 0 Å². The highest BCUT2D eigenvalue weighted by atomic mass is 16.5. The summed E-state index contributed by atoms with van der Waals surface area (Å²) in [5.41, 5.74) is 0.589. The number of unbranched alkanes of at least 4 members (excludes halogenated alkanes) is 1. The number of carbonyl (C=O) groups is 1. The van der Waals surface area contributed by atoms with E-state index >= 15 is 0 Å². The van der Waals surface area contributed by atoms with Crippen LogP contribution in [0.3, 0.4) is 0 Å². The SMILES string of the molecule is CCCCC(C(=O)O)C(O)c1cccc(OC(C)C)c1. The number of carboxylic acid groups (broad SMARTS) is 1. The number of rotatable bonds is 8. The van der Waals surface area contributed by atoms with E-state index in [4.69, 9.17) is 4.74 Å². The number of aliphatic hydroxyl groups is 1. The summed E-state index contributed by atoms with van der Waals surface area (Å²) in [4.78, 5) is 11.3. The van der Waals surface area contributed by atoms with E-state index in [0.29, 0.717) is 17.7 Å². The van der Waals surface area contributed by atoms with Gasteiger partial charge in [0.25, 0.3) is 0 Å². The molecule has 2 atom stereocenters. The summed E-state index contributed by atoms with van der Waals surface area (Å²) in [7, 11) is 0. The Balaban J connectivity index is 2.87. The molecule has 0 aliphatic carbocycles. The lowest BCUT2D eigenvalue weighted by Gasteiger charge is -2.20. The van der Waals surface area contributed by atoms with Gasteiger partial charge in [-0.1, -0.05) is 31.9 Å². The molecule has 2 unspecified atom stereocenters. The number of aliphatic carboxylic acids is 1. The molecular weight excluding hydrogens is 256 g/mol. The zero-order valence-electron chi connectivity index (χ0n) is 12.4. The van der Waals surface area contributed by atoms with Crippen molar-refractivity contribution in [3.8, 4) is 5.75 Å². The van der Waals surface area contributed by atoms with E-state index in [-0.39, 0.29) is 6.10 Å². The predicted molar refractivity (Wildman–Crippen MR) is 77.8 cm³/mol.